The fourth-order valence-corrected chi connectivity index (χ4v) is 1.13. The van der Waals surface area contributed by atoms with Crippen LogP contribution >= 0.6 is 0 Å². The van der Waals surface area contributed by atoms with Gasteiger partial charge in [0, 0.05) is 25.2 Å². The van der Waals surface area contributed by atoms with Crippen molar-refractivity contribution in [1.29, 1.82) is 0 Å². The van der Waals surface area contributed by atoms with E-state index in [2.05, 4.69) is 4.98 Å². The minimum absolute atomic E-state index is 0.0921. The molecule has 1 heterocycles. The van der Waals surface area contributed by atoms with Crippen LogP contribution in [0.15, 0.2) is 18.7 Å². The van der Waals surface area contributed by atoms with E-state index in [-0.39, 0.29) is 25.5 Å². The van der Waals surface area contributed by atoms with Crippen LogP contribution in [0.25, 0.3) is 0 Å². The molecule has 16 heavy (non-hydrogen) atoms. The molecule has 0 spiro atoms. The first-order valence-electron chi connectivity index (χ1n) is 5.01. The zero-order valence-electron chi connectivity index (χ0n) is 8.83. The van der Waals surface area contributed by atoms with Gasteiger partial charge in [-0.05, 0) is 12.8 Å². The number of hydrogen-bond donors (Lipinski definition) is 1. The van der Waals surface area contributed by atoms with Gasteiger partial charge in [0.25, 0.3) is 0 Å². The summed E-state index contributed by atoms with van der Waals surface area (Å²) in [7, 11) is 0. The summed E-state index contributed by atoms with van der Waals surface area (Å²) in [5, 5.41) is 8.38. The first-order valence-corrected chi connectivity index (χ1v) is 5.01. The van der Waals surface area contributed by atoms with E-state index in [0.717, 1.165) is 0 Å². The summed E-state index contributed by atoms with van der Waals surface area (Å²) in [6, 6.07) is 0. The molecule has 1 aromatic rings. The van der Waals surface area contributed by atoms with Crippen molar-refractivity contribution in [3.05, 3.63) is 18.7 Å². The van der Waals surface area contributed by atoms with Crippen LogP contribution in [-0.2, 0) is 21.1 Å². The van der Waals surface area contributed by atoms with Crippen LogP contribution in [0.4, 0.5) is 0 Å². The molecule has 0 atom stereocenters. The molecule has 0 aliphatic carbocycles. The number of carboxylic acids is 1. The third kappa shape index (κ3) is 5.14. The molecule has 0 aliphatic rings. The maximum Gasteiger partial charge on any atom is 0.307 e. The number of rotatable bonds is 7. The highest BCUT2D eigenvalue weighted by Crippen LogP contribution is 2.02. The second kappa shape index (κ2) is 6.60. The van der Waals surface area contributed by atoms with Gasteiger partial charge >= 0.3 is 11.9 Å². The fraction of sp³-hybridized carbons (Fsp3) is 0.500. The molecule has 0 unspecified atom stereocenters. The second-order valence-corrected chi connectivity index (χ2v) is 3.32. The standard InChI is InChI=1S/C10H14N2O4/c13-9(14)3-1-2-4-10(15)16-8-12-6-5-11-7-12/h5-7H,1-4,8H2,(H,13,14). The van der Waals surface area contributed by atoms with Gasteiger partial charge in [0.15, 0.2) is 6.73 Å². The second-order valence-electron chi connectivity index (χ2n) is 3.32. The number of carboxylic acid groups (broad SMARTS) is 1. The van der Waals surface area contributed by atoms with E-state index in [4.69, 9.17) is 9.84 Å². The number of aliphatic carboxylic acids is 1. The summed E-state index contributed by atoms with van der Waals surface area (Å²) in [5.74, 6) is -1.16. The van der Waals surface area contributed by atoms with E-state index < -0.39 is 5.97 Å². The van der Waals surface area contributed by atoms with Gasteiger partial charge in [0.2, 0.25) is 0 Å². The molecule has 0 saturated carbocycles. The van der Waals surface area contributed by atoms with Gasteiger partial charge in [-0.15, -0.1) is 0 Å². The summed E-state index contributed by atoms with van der Waals surface area (Å²) in [6.45, 7) is 0.151. The number of hydrogen-bond acceptors (Lipinski definition) is 4. The maximum absolute atomic E-state index is 11.2. The third-order valence-corrected chi connectivity index (χ3v) is 1.96. The van der Waals surface area contributed by atoms with Crippen molar-refractivity contribution in [3.63, 3.8) is 0 Å². The predicted molar refractivity (Wildman–Crippen MR) is 54.4 cm³/mol. The zero-order chi connectivity index (χ0) is 11.8. The van der Waals surface area contributed by atoms with Gasteiger partial charge in [-0.2, -0.15) is 0 Å². The summed E-state index contributed by atoms with van der Waals surface area (Å²) >= 11 is 0. The van der Waals surface area contributed by atoms with Crippen molar-refractivity contribution >= 4 is 11.9 Å². The summed E-state index contributed by atoms with van der Waals surface area (Å²) in [5.41, 5.74) is 0. The Hall–Kier alpha value is -1.85. The Morgan fingerprint density at radius 1 is 1.31 bits per heavy atom. The van der Waals surface area contributed by atoms with Gasteiger partial charge < -0.3 is 14.4 Å². The van der Waals surface area contributed by atoms with Gasteiger partial charge in [-0.25, -0.2) is 4.98 Å². The van der Waals surface area contributed by atoms with Gasteiger partial charge in [-0.3, -0.25) is 9.59 Å². The lowest BCUT2D eigenvalue weighted by Crippen LogP contribution is -2.08. The van der Waals surface area contributed by atoms with Crippen molar-refractivity contribution in [1.82, 2.24) is 9.55 Å². The quantitative estimate of drug-likeness (QED) is 0.554. The Morgan fingerprint density at radius 3 is 2.69 bits per heavy atom. The molecule has 0 saturated heterocycles. The number of esters is 1. The summed E-state index contributed by atoms with van der Waals surface area (Å²) < 4.78 is 6.56. The van der Waals surface area contributed by atoms with E-state index in [1.54, 1.807) is 23.3 Å². The van der Waals surface area contributed by atoms with Crippen LogP contribution < -0.4 is 0 Å². The minimum atomic E-state index is -0.841. The minimum Gasteiger partial charge on any atom is -0.481 e. The molecule has 0 aliphatic heterocycles. The molecule has 0 aromatic carbocycles. The van der Waals surface area contributed by atoms with Crippen molar-refractivity contribution < 1.29 is 19.4 Å². The zero-order valence-corrected chi connectivity index (χ0v) is 8.83. The lowest BCUT2D eigenvalue weighted by molar-refractivity contribution is -0.148. The Kier molecular flexibility index (Phi) is 5.04. The van der Waals surface area contributed by atoms with E-state index in [1.165, 1.54) is 0 Å². The highest BCUT2D eigenvalue weighted by molar-refractivity contribution is 5.69. The summed E-state index contributed by atoms with van der Waals surface area (Å²) in [6.07, 6.45) is 6.22. The molecular formula is C10H14N2O4. The maximum atomic E-state index is 11.2. The molecule has 1 aromatic heterocycles. The van der Waals surface area contributed by atoms with Crippen LogP contribution in [0, 0.1) is 0 Å². The highest BCUT2D eigenvalue weighted by Gasteiger charge is 2.04. The monoisotopic (exact) mass is 226 g/mol. The van der Waals surface area contributed by atoms with E-state index in [1.807, 2.05) is 0 Å². The van der Waals surface area contributed by atoms with Crippen LogP contribution in [0.5, 0.6) is 0 Å². The van der Waals surface area contributed by atoms with Crippen LogP contribution in [-0.4, -0.2) is 26.6 Å². The topological polar surface area (TPSA) is 81.4 Å². The van der Waals surface area contributed by atoms with Gasteiger partial charge in [0.1, 0.15) is 0 Å². The van der Waals surface area contributed by atoms with E-state index >= 15 is 0 Å². The SMILES string of the molecule is O=C(O)CCCCC(=O)OCn1ccnc1. The molecular weight excluding hydrogens is 212 g/mol. The molecule has 0 bridgehead atoms. The molecule has 6 nitrogen and oxygen atoms in total. The first kappa shape index (κ1) is 12.2. The van der Waals surface area contributed by atoms with Crippen molar-refractivity contribution in [2.45, 2.75) is 32.4 Å². The molecule has 0 fully saturated rings. The largest absolute Gasteiger partial charge is 0.481 e. The Bertz CT molecular complexity index is 335. The molecule has 6 heteroatoms. The van der Waals surface area contributed by atoms with E-state index in [0.29, 0.717) is 12.8 Å². The number of unbranched alkanes of at least 4 members (excludes halogenated alkanes) is 1. The normalized spacial score (nSPS) is 10.0. The van der Waals surface area contributed by atoms with Crippen LogP contribution in [0.3, 0.4) is 0 Å². The number of carbonyl (C=O) groups excluding carboxylic acids is 1. The average Bonchev–Trinajstić information content (AvgIpc) is 2.74. The fourth-order valence-electron chi connectivity index (χ4n) is 1.13. The Balaban J connectivity index is 2.05. The van der Waals surface area contributed by atoms with Crippen molar-refractivity contribution in [2.24, 2.45) is 0 Å². The number of ether oxygens (including phenoxy) is 1. The molecule has 0 radical (unpaired) electrons. The molecule has 1 rings (SSSR count). The molecule has 0 amide bonds. The van der Waals surface area contributed by atoms with Crippen LogP contribution in [0.2, 0.25) is 0 Å². The van der Waals surface area contributed by atoms with E-state index in [9.17, 15) is 9.59 Å². The van der Waals surface area contributed by atoms with Gasteiger partial charge in [-0.1, -0.05) is 0 Å². The number of aromatic nitrogens is 2. The third-order valence-electron chi connectivity index (χ3n) is 1.96. The highest BCUT2D eigenvalue weighted by atomic mass is 16.5. The average molecular weight is 226 g/mol. The number of nitrogens with zero attached hydrogens (tertiary/aromatic N) is 2. The number of imidazole rings is 1. The van der Waals surface area contributed by atoms with Crippen molar-refractivity contribution in [2.75, 3.05) is 0 Å². The van der Waals surface area contributed by atoms with Crippen molar-refractivity contribution in [3.8, 4) is 0 Å². The summed E-state index contributed by atoms with van der Waals surface area (Å²) in [4.78, 5) is 25.2. The molecule has 88 valence electrons. The molecule has 1 N–H and O–H groups in total. The van der Waals surface area contributed by atoms with Gasteiger partial charge in [0.05, 0.1) is 6.33 Å². The lowest BCUT2D eigenvalue weighted by Gasteiger charge is -2.04. The predicted octanol–water partition coefficient (Wildman–Crippen LogP) is 1.03. The number of carbonyl (C=O) groups is 2. The smallest absolute Gasteiger partial charge is 0.307 e. The lowest BCUT2D eigenvalue weighted by atomic mass is 10.2. The Labute approximate surface area is 92.9 Å². The van der Waals surface area contributed by atoms with Crippen LogP contribution in [0.1, 0.15) is 25.7 Å². The first-order chi connectivity index (χ1) is 7.68. The Morgan fingerprint density at radius 2 is 2.06 bits per heavy atom.